The fourth-order valence-electron chi connectivity index (χ4n) is 12.7. The van der Waals surface area contributed by atoms with Crippen LogP contribution in [0.2, 0.25) is 0 Å². The first-order chi connectivity index (χ1) is 17.4. The first kappa shape index (κ1) is 26.9. The molecule has 0 amide bonds. The quantitative estimate of drug-likeness (QED) is 0.278. The van der Waals surface area contributed by atoms with E-state index in [0.717, 1.165) is 36.1 Å². The third kappa shape index (κ3) is 3.76. The summed E-state index contributed by atoms with van der Waals surface area (Å²) < 4.78 is 0. The van der Waals surface area contributed by atoms with Gasteiger partial charge in [0.25, 0.3) is 0 Å². The van der Waals surface area contributed by atoms with Crippen molar-refractivity contribution in [2.24, 2.45) is 56.7 Å². The summed E-state index contributed by atoms with van der Waals surface area (Å²) in [5.41, 5.74) is 3.37. The van der Waals surface area contributed by atoms with Crippen molar-refractivity contribution >= 4 is 0 Å². The van der Waals surface area contributed by atoms with Crippen molar-refractivity contribution in [2.45, 2.75) is 144 Å². The molecule has 6 saturated carbocycles. The van der Waals surface area contributed by atoms with Gasteiger partial charge in [0.1, 0.15) is 0 Å². The summed E-state index contributed by atoms with van der Waals surface area (Å²) in [6.07, 6.45) is 19.1. The number of fused-ring (bicyclic) bond motifs is 7. The molecular weight excluding hydrogens is 450 g/mol. The van der Waals surface area contributed by atoms with Crippen molar-refractivity contribution in [1.29, 1.82) is 0 Å². The summed E-state index contributed by atoms with van der Waals surface area (Å²) >= 11 is 0. The second-order valence-electron chi connectivity index (χ2n) is 16.8. The number of allylic oxidation sites excluding steroid dienone is 1. The molecule has 6 aliphatic rings. The topological polar surface area (TPSA) is 32.3 Å². The molecule has 0 saturated heterocycles. The smallest absolute Gasteiger partial charge is 0.0594 e. The van der Waals surface area contributed by atoms with E-state index >= 15 is 0 Å². The Morgan fingerprint density at radius 3 is 2.27 bits per heavy atom. The van der Waals surface area contributed by atoms with Crippen LogP contribution in [0.3, 0.4) is 0 Å². The fourth-order valence-corrected chi connectivity index (χ4v) is 12.7. The molecule has 0 unspecified atom stereocenters. The standard InChI is InChI=1S/C35H59NO/c1-23(2)25-13-19-35(16-8-22-36-24-9-10-24)21-20-33(6)26(30(25)35)11-12-28-32(5)17-15-29(37)31(3,4)27(32)14-18-34(28,33)7/h24-30,36-37H,1,8-22H2,2-7H3/t25-,26+,27-,28+,29-,30+,32-,33+,34+,35+/m0/s1. The van der Waals surface area contributed by atoms with Crippen molar-refractivity contribution < 1.29 is 5.11 Å². The summed E-state index contributed by atoms with van der Waals surface area (Å²) in [7, 11) is 0. The largest absolute Gasteiger partial charge is 0.393 e. The normalized spacial score (nSPS) is 52.5. The van der Waals surface area contributed by atoms with Crippen molar-refractivity contribution in [3.8, 4) is 0 Å². The zero-order chi connectivity index (χ0) is 26.4. The Hall–Kier alpha value is -0.340. The van der Waals surface area contributed by atoms with Crippen molar-refractivity contribution in [2.75, 3.05) is 6.54 Å². The van der Waals surface area contributed by atoms with Crippen LogP contribution in [0.25, 0.3) is 0 Å². The number of aliphatic hydroxyl groups excluding tert-OH is 1. The van der Waals surface area contributed by atoms with E-state index in [1.54, 1.807) is 0 Å². The van der Waals surface area contributed by atoms with E-state index in [1.807, 2.05) is 0 Å². The van der Waals surface area contributed by atoms with Gasteiger partial charge in [-0.1, -0.05) is 46.8 Å². The third-order valence-electron chi connectivity index (χ3n) is 15.1. The molecule has 210 valence electrons. The number of hydrogen-bond acceptors (Lipinski definition) is 2. The molecule has 0 spiro atoms. The van der Waals surface area contributed by atoms with Crippen LogP contribution in [-0.4, -0.2) is 23.8 Å². The summed E-state index contributed by atoms with van der Waals surface area (Å²) in [6.45, 7) is 21.2. The maximum Gasteiger partial charge on any atom is 0.0594 e. The fraction of sp³-hybridized carbons (Fsp3) is 0.943. The van der Waals surface area contributed by atoms with Crippen LogP contribution in [-0.2, 0) is 0 Å². The zero-order valence-electron chi connectivity index (χ0n) is 25.3. The van der Waals surface area contributed by atoms with Crippen molar-refractivity contribution in [1.82, 2.24) is 5.32 Å². The number of hydrogen-bond donors (Lipinski definition) is 2. The molecule has 0 aromatic heterocycles. The zero-order valence-corrected chi connectivity index (χ0v) is 25.3. The minimum atomic E-state index is -0.124. The molecule has 2 N–H and O–H groups in total. The van der Waals surface area contributed by atoms with E-state index in [0.29, 0.717) is 27.6 Å². The van der Waals surface area contributed by atoms with Gasteiger partial charge in [-0.3, -0.25) is 0 Å². The third-order valence-corrected chi connectivity index (χ3v) is 15.1. The lowest BCUT2D eigenvalue weighted by atomic mass is 9.32. The van der Waals surface area contributed by atoms with Crippen LogP contribution in [0.1, 0.15) is 131 Å². The average Bonchev–Trinajstić information content (AvgIpc) is 3.58. The van der Waals surface area contributed by atoms with Crippen LogP contribution in [0.15, 0.2) is 12.2 Å². The molecule has 0 aliphatic heterocycles. The van der Waals surface area contributed by atoms with Gasteiger partial charge in [-0.25, -0.2) is 0 Å². The van der Waals surface area contributed by atoms with E-state index < -0.39 is 0 Å². The second kappa shape index (κ2) is 8.83. The van der Waals surface area contributed by atoms with E-state index in [1.165, 1.54) is 95.6 Å². The molecule has 0 aromatic carbocycles. The summed E-state index contributed by atoms with van der Waals surface area (Å²) in [4.78, 5) is 0. The molecular formula is C35H59NO. The molecule has 37 heavy (non-hydrogen) atoms. The van der Waals surface area contributed by atoms with Crippen LogP contribution in [0, 0.1) is 56.7 Å². The molecule has 2 nitrogen and oxygen atoms in total. The molecule has 10 atom stereocenters. The van der Waals surface area contributed by atoms with Gasteiger partial charge in [0.15, 0.2) is 0 Å². The van der Waals surface area contributed by atoms with E-state index in [4.69, 9.17) is 0 Å². The molecule has 6 rings (SSSR count). The molecule has 0 radical (unpaired) electrons. The summed E-state index contributed by atoms with van der Waals surface area (Å²) in [5.74, 6) is 3.95. The van der Waals surface area contributed by atoms with Crippen LogP contribution >= 0.6 is 0 Å². The number of rotatable bonds is 6. The van der Waals surface area contributed by atoms with Gasteiger partial charge in [-0.15, -0.1) is 0 Å². The highest BCUT2D eigenvalue weighted by molar-refractivity contribution is 5.21. The second-order valence-corrected chi connectivity index (χ2v) is 16.8. The summed E-state index contributed by atoms with van der Waals surface area (Å²) in [5, 5.41) is 14.8. The van der Waals surface area contributed by atoms with Crippen LogP contribution in [0.4, 0.5) is 0 Å². The van der Waals surface area contributed by atoms with Gasteiger partial charge in [0.05, 0.1) is 6.10 Å². The molecule has 0 bridgehead atoms. The molecule has 0 heterocycles. The number of aliphatic hydroxyl groups is 1. The SMILES string of the molecule is C=C(C)[C@@H]1CC[C@]2(CCCNC3CC3)CC[C@]3(C)[C@H](CC[C@@H]4[C@@]5(C)CC[C@H](O)C(C)(C)[C@@H]5CC[C@]43C)[C@@H]12. The van der Waals surface area contributed by atoms with E-state index in [-0.39, 0.29) is 11.5 Å². The lowest BCUT2D eigenvalue weighted by molar-refractivity contribution is -0.248. The predicted octanol–water partition coefficient (Wildman–Crippen LogP) is 8.54. The molecule has 6 fully saturated rings. The van der Waals surface area contributed by atoms with Gasteiger partial charge in [0.2, 0.25) is 0 Å². The number of nitrogens with one attached hydrogen (secondary N) is 1. The lowest BCUT2D eigenvalue weighted by Crippen LogP contribution is -2.66. The molecule has 2 heteroatoms. The van der Waals surface area contributed by atoms with Crippen LogP contribution in [0.5, 0.6) is 0 Å². The minimum Gasteiger partial charge on any atom is -0.393 e. The maximum absolute atomic E-state index is 11.0. The van der Waals surface area contributed by atoms with Gasteiger partial charge in [-0.2, -0.15) is 0 Å². The van der Waals surface area contributed by atoms with Gasteiger partial charge < -0.3 is 10.4 Å². The Morgan fingerprint density at radius 2 is 1.57 bits per heavy atom. The Morgan fingerprint density at radius 1 is 0.811 bits per heavy atom. The highest BCUT2D eigenvalue weighted by atomic mass is 16.3. The Labute approximate surface area is 229 Å². The molecule has 0 aromatic rings. The van der Waals surface area contributed by atoms with Crippen molar-refractivity contribution in [3.05, 3.63) is 12.2 Å². The maximum atomic E-state index is 11.0. The van der Waals surface area contributed by atoms with Gasteiger partial charge >= 0.3 is 0 Å². The predicted molar refractivity (Wildman–Crippen MR) is 155 cm³/mol. The van der Waals surface area contributed by atoms with Gasteiger partial charge in [0, 0.05) is 6.04 Å². The first-order valence-electron chi connectivity index (χ1n) is 16.5. The molecule has 6 aliphatic carbocycles. The Kier molecular flexibility index (Phi) is 6.41. The highest BCUT2D eigenvalue weighted by Crippen LogP contribution is 2.77. The highest BCUT2D eigenvalue weighted by Gasteiger charge is 2.70. The van der Waals surface area contributed by atoms with Crippen LogP contribution < -0.4 is 5.32 Å². The first-order valence-corrected chi connectivity index (χ1v) is 16.5. The lowest BCUT2D eigenvalue weighted by Gasteiger charge is -2.73. The Bertz CT molecular complexity index is 905. The minimum absolute atomic E-state index is 0.0544. The Balaban J connectivity index is 1.30. The van der Waals surface area contributed by atoms with Crippen molar-refractivity contribution in [3.63, 3.8) is 0 Å². The van der Waals surface area contributed by atoms with E-state index in [9.17, 15) is 5.11 Å². The summed E-state index contributed by atoms with van der Waals surface area (Å²) in [6, 6.07) is 0.840. The van der Waals surface area contributed by atoms with E-state index in [2.05, 4.69) is 53.4 Å². The monoisotopic (exact) mass is 509 g/mol. The van der Waals surface area contributed by atoms with Gasteiger partial charge in [-0.05, 0) is 160 Å². The average molecular weight is 510 g/mol.